The van der Waals surface area contributed by atoms with Crippen LogP contribution < -0.4 is 16.4 Å². The van der Waals surface area contributed by atoms with E-state index in [1.807, 2.05) is 55.5 Å². The van der Waals surface area contributed by atoms with Crippen LogP contribution in [0.15, 0.2) is 48.5 Å². The van der Waals surface area contributed by atoms with Crippen LogP contribution in [0.25, 0.3) is 0 Å². The molecule has 5 rings (SSSR count). The summed E-state index contributed by atoms with van der Waals surface area (Å²) >= 11 is 0. The summed E-state index contributed by atoms with van der Waals surface area (Å²) in [6.45, 7) is 2.16. The fourth-order valence-corrected chi connectivity index (χ4v) is 5.63. The van der Waals surface area contributed by atoms with Gasteiger partial charge in [0, 0.05) is 30.3 Å². The second kappa shape index (κ2) is 7.81. The minimum Gasteiger partial charge on any atom is -0.370 e. The van der Waals surface area contributed by atoms with E-state index in [1.165, 1.54) is 4.90 Å². The average molecular weight is 447 g/mol. The van der Waals surface area contributed by atoms with Gasteiger partial charge in [0.2, 0.25) is 23.6 Å². The lowest BCUT2D eigenvalue weighted by atomic mass is 9.76. The maximum Gasteiger partial charge on any atom is 0.250 e. The highest BCUT2D eigenvalue weighted by Gasteiger charge is 2.70. The number of carbonyl (C=O) groups excluding carboxylic acids is 4. The third-order valence-electron chi connectivity index (χ3n) is 7.13. The highest BCUT2D eigenvalue weighted by atomic mass is 16.2. The molecule has 0 saturated carbocycles. The van der Waals surface area contributed by atoms with Gasteiger partial charge in [-0.3, -0.25) is 29.4 Å². The molecule has 8 heteroatoms. The number of hydrogen-bond acceptors (Lipinski definition) is 5. The van der Waals surface area contributed by atoms with Crippen molar-refractivity contribution < 1.29 is 19.2 Å². The number of likely N-dealkylation sites (tertiary alicyclic amines) is 1. The minimum absolute atomic E-state index is 0.0603. The third kappa shape index (κ3) is 3.24. The lowest BCUT2D eigenvalue weighted by Crippen LogP contribution is -2.53. The van der Waals surface area contributed by atoms with Gasteiger partial charge < -0.3 is 11.1 Å². The van der Waals surface area contributed by atoms with Crippen molar-refractivity contribution in [3.63, 3.8) is 0 Å². The van der Waals surface area contributed by atoms with Crippen molar-refractivity contribution in [2.75, 3.05) is 11.9 Å². The SMILES string of the molecule is Cc1ccc2c(c1)[C@@]1(N[C@H](CCC(N)=O)[C@H]3C(=O)N(CCc4ccccc4)C(=O)[C@@H]31)C(=O)N2. The van der Waals surface area contributed by atoms with Gasteiger partial charge in [-0.25, -0.2) is 0 Å². The second-order valence-corrected chi connectivity index (χ2v) is 9.13. The number of fused-ring (bicyclic) bond motifs is 4. The maximum absolute atomic E-state index is 13.7. The molecule has 170 valence electrons. The molecule has 2 aromatic rings. The second-order valence-electron chi connectivity index (χ2n) is 9.13. The number of hydrogen-bond donors (Lipinski definition) is 3. The maximum atomic E-state index is 13.7. The van der Waals surface area contributed by atoms with E-state index < -0.39 is 29.3 Å². The first-order valence-electron chi connectivity index (χ1n) is 11.2. The number of nitrogens with one attached hydrogen (secondary N) is 2. The van der Waals surface area contributed by atoms with Gasteiger partial charge >= 0.3 is 0 Å². The normalized spacial score (nSPS) is 27.7. The fraction of sp³-hybridized carbons (Fsp3) is 0.360. The number of carbonyl (C=O) groups is 4. The number of benzene rings is 2. The van der Waals surface area contributed by atoms with Crippen LogP contribution in [0.2, 0.25) is 0 Å². The zero-order chi connectivity index (χ0) is 23.3. The molecular weight excluding hydrogens is 420 g/mol. The van der Waals surface area contributed by atoms with Crippen LogP contribution in [0.5, 0.6) is 0 Å². The van der Waals surface area contributed by atoms with Crippen molar-refractivity contribution in [3.8, 4) is 0 Å². The number of amides is 4. The van der Waals surface area contributed by atoms with E-state index in [2.05, 4.69) is 10.6 Å². The smallest absolute Gasteiger partial charge is 0.250 e. The highest BCUT2D eigenvalue weighted by Crippen LogP contribution is 2.53. The predicted octanol–water partition coefficient (Wildman–Crippen LogP) is 1.22. The van der Waals surface area contributed by atoms with Gasteiger partial charge in [-0.1, -0.05) is 48.0 Å². The molecule has 0 aliphatic carbocycles. The first kappa shape index (κ1) is 21.3. The van der Waals surface area contributed by atoms with Crippen LogP contribution in [0.4, 0.5) is 5.69 Å². The first-order chi connectivity index (χ1) is 15.8. The molecule has 4 atom stereocenters. The number of anilines is 1. The summed E-state index contributed by atoms with van der Waals surface area (Å²) in [5, 5.41) is 6.21. The quantitative estimate of drug-likeness (QED) is 0.576. The Morgan fingerprint density at radius 1 is 1.09 bits per heavy atom. The molecule has 3 aliphatic rings. The van der Waals surface area contributed by atoms with Crippen molar-refractivity contribution in [1.82, 2.24) is 10.2 Å². The third-order valence-corrected chi connectivity index (χ3v) is 7.13. The molecule has 3 heterocycles. The molecule has 8 nitrogen and oxygen atoms in total. The van der Waals surface area contributed by atoms with Crippen molar-refractivity contribution in [2.24, 2.45) is 17.6 Å². The molecule has 0 bridgehead atoms. The number of nitrogens with two attached hydrogens (primary N) is 1. The summed E-state index contributed by atoms with van der Waals surface area (Å²) in [6, 6.07) is 14.7. The summed E-state index contributed by atoms with van der Waals surface area (Å²) in [7, 11) is 0. The molecule has 0 aromatic heterocycles. The van der Waals surface area contributed by atoms with E-state index >= 15 is 0 Å². The van der Waals surface area contributed by atoms with Gasteiger partial charge in [0.25, 0.3) is 0 Å². The van der Waals surface area contributed by atoms with Gasteiger partial charge in [-0.15, -0.1) is 0 Å². The molecule has 0 radical (unpaired) electrons. The van der Waals surface area contributed by atoms with E-state index in [1.54, 1.807) is 0 Å². The molecule has 3 aliphatic heterocycles. The Hall–Kier alpha value is -3.52. The van der Waals surface area contributed by atoms with Crippen LogP contribution in [0, 0.1) is 18.8 Å². The van der Waals surface area contributed by atoms with E-state index in [0.717, 1.165) is 11.1 Å². The molecule has 33 heavy (non-hydrogen) atoms. The predicted molar refractivity (Wildman–Crippen MR) is 121 cm³/mol. The average Bonchev–Trinajstić information content (AvgIpc) is 3.37. The molecule has 4 amide bonds. The van der Waals surface area contributed by atoms with Gasteiger partial charge in [-0.2, -0.15) is 0 Å². The van der Waals surface area contributed by atoms with Crippen molar-refractivity contribution in [3.05, 3.63) is 65.2 Å². The minimum atomic E-state index is -1.34. The molecule has 0 unspecified atom stereocenters. The zero-order valence-electron chi connectivity index (χ0n) is 18.3. The number of imide groups is 1. The topological polar surface area (TPSA) is 122 Å². The fourth-order valence-electron chi connectivity index (χ4n) is 5.63. The molecule has 1 spiro atoms. The van der Waals surface area contributed by atoms with E-state index in [-0.39, 0.29) is 37.1 Å². The zero-order valence-corrected chi connectivity index (χ0v) is 18.3. The van der Waals surface area contributed by atoms with E-state index in [4.69, 9.17) is 5.73 Å². The van der Waals surface area contributed by atoms with Gasteiger partial charge in [0.05, 0.1) is 11.8 Å². The Balaban J connectivity index is 1.53. The summed E-state index contributed by atoms with van der Waals surface area (Å²) in [5.41, 5.74) is 7.30. The van der Waals surface area contributed by atoms with Crippen LogP contribution in [0.3, 0.4) is 0 Å². The molecule has 2 fully saturated rings. The Morgan fingerprint density at radius 3 is 2.58 bits per heavy atom. The Labute approximate surface area is 191 Å². The molecular formula is C25H26N4O4. The van der Waals surface area contributed by atoms with Crippen molar-refractivity contribution in [2.45, 2.75) is 37.8 Å². The van der Waals surface area contributed by atoms with Gasteiger partial charge in [-0.05, 0) is 31.4 Å². The highest BCUT2D eigenvalue weighted by molar-refractivity contribution is 6.15. The Kier molecular flexibility index (Phi) is 5.05. The van der Waals surface area contributed by atoms with Gasteiger partial charge in [0.15, 0.2) is 0 Å². The lowest BCUT2D eigenvalue weighted by molar-refractivity contribution is -0.142. The Morgan fingerprint density at radius 2 is 1.85 bits per heavy atom. The van der Waals surface area contributed by atoms with Crippen LogP contribution in [-0.2, 0) is 31.1 Å². The number of primary amides is 1. The molecule has 2 saturated heterocycles. The first-order valence-corrected chi connectivity index (χ1v) is 11.2. The van der Waals surface area contributed by atoms with E-state index in [9.17, 15) is 19.2 Å². The largest absolute Gasteiger partial charge is 0.370 e. The number of aryl methyl sites for hydroxylation is 1. The summed E-state index contributed by atoms with van der Waals surface area (Å²) in [5.74, 6) is -3.08. The van der Waals surface area contributed by atoms with Gasteiger partial charge in [0.1, 0.15) is 5.54 Å². The number of rotatable bonds is 6. The van der Waals surface area contributed by atoms with E-state index in [0.29, 0.717) is 17.7 Å². The van der Waals surface area contributed by atoms with Crippen LogP contribution in [-0.4, -0.2) is 41.1 Å². The number of nitrogens with zero attached hydrogens (tertiary/aromatic N) is 1. The Bertz CT molecular complexity index is 1160. The van der Waals surface area contributed by atoms with Crippen LogP contribution in [0.1, 0.15) is 29.5 Å². The van der Waals surface area contributed by atoms with Crippen LogP contribution >= 0.6 is 0 Å². The lowest BCUT2D eigenvalue weighted by Gasteiger charge is -2.29. The monoisotopic (exact) mass is 446 g/mol. The van der Waals surface area contributed by atoms with Crippen molar-refractivity contribution in [1.29, 1.82) is 0 Å². The van der Waals surface area contributed by atoms with Crippen molar-refractivity contribution >= 4 is 29.3 Å². The standard InChI is InChI=1S/C25H26N4O4/c1-14-7-8-17-16(13-14)25(24(33)27-17)21-20(18(28-25)9-10-19(26)30)22(31)29(23(21)32)12-11-15-5-3-2-4-6-15/h2-8,13,18,20-21,28H,9-12H2,1H3,(H2,26,30)(H,27,33)/t18-,20-,21-,25+/m1/s1. The molecule has 2 aromatic carbocycles. The molecule has 4 N–H and O–H groups in total. The summed E-state index contributed by atoms with van der Waals surface area (Å²) in [6.07, 6.45) is 0.870. The summed E-state index contributed by atoms with van der Waals surface area (Å²) < 4.78 is 0. The summed E-state index contributed by atoms with van der Waals surface area (Å²) in [4.78, 5) is 53.4.